The Morgan fingerprint density at radius 2 is 2.27 bits per heavy atom. The molecule has 0 amide bonds. The van der Waals surface area contributed by atoms with Gasteiger partial charge in [0, 0.05) is 38.1 Å². The fourth-order valence-corrected chi connectivity index (χ4v) is 2.20. The van der Waals surface area contributed by atoms with Gasteiger partial charge < -0.3 is 10.0 Å². The number of rotatable bonds is 6. The zero-order valence-electron chi connectivity index (χ0n) is 9.91. The second-order valence-electron chi connectivity index (χ2n) is 4.72. The Morgan fingerprint density at radius 3 is 2.73 bits per heavy atom. The quantitative estimate of drug-likeness (QED) is 0.726. The van der Waals surface area contributed by atoms with Crippen LogP contribution in [0.3, 0.4) is 0 Å². The number of ketones is 1. The Hall–Kier alpha value is -0.410. The molecule has 3 heteroatoms. The molecule has 0 aromatic rings. The molecule has 0 saturated heterocycles. The van der Waals surface area contributed by atoms with E-state index >= 15 is 0 Å². The van der Waals surface area contributed by atoms with Crippen molar-refractivity contribution in [2.75, 3.05) is 19.7 Å². The number of Topliss-reactive ketones (excluding diaryl/α,β-unsaturated/α-hetero) is 1. The van der Waals surface area contributed by atoms with Gasteiger partial charge in [-0.3, -0.25) is 4.79 Å². The molecule has 1 rings (SSSR count). The third kappa shape index (κ3) is 3.92. The van der Waals surface area contributed by atoms with Crippen molar-refractivity contribution >= 4 is 5.78 Å². The number of aliphatic hydroxyl groups is 1. The van der Waals surface area contributed by atoms with Crippen molar-refractivity contribution in [2.45, 2.75) is 45.6 Å². The van der Waals surface area contributed by atoms with Crippen LogP contribution >= 0.6 is 0 Å². The third-order valence-electron chi connectivity index (χ3n) is 3.22. The predicted molar refractivity (Wildman–Crippen MR) is 60.8 cm³/mol. The molecule has 0 heterocycles. The van der Waals surface area contributed by atoms with E-state index in [1.165, 1.54) is 0 Å². The number of nitrogens with zero attached hydrogens (tertiary/aromatic N) is 1. The highest BCUT2D eigenvalue weighted by molar-refractivity contribution is 5.83. The van der Waals surface area contributed by atoms with Crippen LogP contribution < -0.4 is 0 Å². The van der Waals surface area contributed by atoms with E-state index in [-0.39, 0.29) is 12.5 Å². The highest BCUT2D eigenvalue weighted by Crippen LogP contribution is 2.22. The van der Waals surface area contributed by atoms with Crippen molar-refractivity contribution in [3.05, 3.63) is 0 Å². The Morgan fingerprint density at radius 1 is 1.53 bits per heavy atom. The van der Waals surface area contributed by atoms with E-state index in [0.29, 0.717) is 11.8 Å². The van der Waals surface area contributed by atoms with Gasteiger partial charge in [-0.25, -0.2) is 0 Å². The van der Waals surface area contributed by atoms with Gasteiger partial charge in [0.15, 0.2) is 0 Å². The lowest BCUT2D eigenvalue weighted by atomic mass is 10.1. The van der Waals surface area contributed by atoms with E-state index in [1.807, 2.05) is 0 Å². The van der Waals surface area contributed by atoms with Gasteiger partial charge in [0.25, 0.3) is 0 Å². The minimum absolute atomic E-state index is 0.238. The average molecular weight is 213 g/mol. The van der Waals surface area contributed by atoms with Crippen molar-refractivity contribution in [3.8, 4) is 0 Å². The Bertz CT molecular complexity index is 204. The molecule has 1 aliphatic rings. The molecule has 1 aliphatic carbocycles. The Balaban J connectivity index is 2.39. The minimum Gasteiger partial charge on any atom is -0.396 e. The highest BCUT2D eigenvalue weighted by atomic mass is 16.3. The van der Waals surface area contributed by atoms with Gasteiger partial charge >= 0.3 is 0 Å². The van der Waals surface area contributed by atoms with Gasteiger partial charge in [0.2, 0.25) is 0 Å². The molecule has 88 valence electrons. The largest absolute Gasteiger partial charge is 0.396 e. The highest BCUT2D eigenvalue weighted by Gasteiger charge is 2.26. The summed E-state index contributed by atoms with van der Waals surface area (Å²) in [6, 6.07) is 0.463. The molecule has 0 aliphatic heterocycles. The van der Waals surface area contributed by atoms with Crippen LogP contribution in [0.25, 0.3) is 0 Å². The van der Waals surface area contributed by atoms with E-state index in [2.05, 4.69) is 18.7 Å². The fourth-order valence-electron chi connectivity index (χ4n) is 2.20. The summed E-state index contributed by atoms with van der Waals surface area (Å²) in [5, 5.41) is 8.82. The molecule has 0 aromatic carbocycles. The first kappa shape index (κ1) is 12.7. The van der Waals surface area contributed by atoms with E-state index in [1.54, 1.807) is 0 Å². The Kier molecular flexibility index (Phi) is 5.26. The van der Waals surface area contributed by atoms with Crippen molar-refractivity contribution < 1.29 is 9.90 Å². The van der Waals surface area contributed by atoms with Crippen molar-refractivity contribution in [1.82, 2.24) is 4.90 Å². The second kappa shape index (κ2) is 6.23. The van der Waals surface area contributed by atoms with Crippen molar-refractivity contribution in [1.29, 1.82) is 0 Å². The molecule has 1 fully saturated rings. The van der Waals surface area contributed by atoms with Gasteiger partial charge in [0.05, 0.1) is 0 Å². The van der Waals surface area contributed by atoms with Crippen molar-refractivity contribution in [2.24, 2.45) is 5.92 Å². The van der Waals surface area contributed by atoms with Gasteiger partial charge in [-0.05, 0) is 33.1 Å². The molecule has 0 aromatic heterocycles. The lowest BCUT2D eigenvalue weighted by Crippen LogP contribution is -2.37. The van der Waals surface area contributed by atoms with Gasteiger partial charge in [-0.1, -0.05) is 0 Å². The maximum atomic E-state index is 11.5. The van der Waals surface area contributed by atoms with Crippen LogP contribution in [0.15, 0.2) is 0 Å². The summed E-state index contributed by atoms with van der Waals surface area (Å²) in [7, 11) is 0. The van der Waals surface area contributed by atoms with Gasteiger partial charge in [0.1, 0.15) is 5.78 Å². The smallest absolute Gasteiger partial charge is 0.137 e. The van der Waals surface area contributed by atoms with E-state index in [4.69, 9.17) is 5.11 Å². The van der Waals surface area contributed by atoms with Crippen LogP contribution in [-0.2, 0) is 4.79 Å². The molecule has 0 bridgehead atoms. The zero-order valence-corrected chi connectivity index (χ0v) is 9.91. The number of aliphatic hydroxyl groups excluding tert-OH is 1. The van der Waals surface area contributed by atoms with Gasteiger partial charge in [-0.2, -0.15) is 0 Å². The summed E-state index contributed by atoms with van der Waals surface area (Å²) in [6.45, 7) is 6.32. The SMILES string of the molecule is CC(C)N(CCCO)CC1CCCC1=O. The van der Waals surface area contributed by atoms with E-state index in [0.717, 1.165) is 38.8 Å². The first-order chi connectivity index (χ1) is 7.15. The fraction of sp³-hybridized carbons (Fsp3) is 0.917. The lowest BCUT2D eigenvalue weighted by Gasteiger charge is -2.28. The first-order valence-corrected chi connectivity index (χ1v) is 6.02. The van der Waals surface area contributed by atoms with Crippen LogP contribution in [0.1, 0.15) is 39.5 Å². The molecule has 1 atom stereocenters. The first-order valence-electron chi connectivity index (χ1n) is 6.02. The second-order valence-corrected chi connectivity index (χ2v) is 4.72. The summed E-state index contributed by atoms with van der Waals surface area (Å²) in [5.74, 6) is 0.691. The molecular weight excluding hydrogens is 190 g/mol. The Labute approximate surface area is 92.5 Å². The van der Waals surface area contributed by atoms with Crippen molar-refractivity contribution in [3.63, 3.8) is 0 Å². The molecule has 0 spiro atoms. The normalized spacial score (nSPS) is 21.9. The number of carbonyl (C=O) groups is 1. The summed E-state index contributed by atoms with van der Waals surface area (Å²) in [6.07, 6.45) is 3.70. The molecular formula is C12H23NO2. The van der Waals surface area contributed by atoms with Crippen LogP contribution in [-0.4, -0.2) is 41.5 Å². The predicted octanol–water partition coefficient (Wildman–Crippen LogP) is 1.45. The van der Waals surface area contributed by atoms with Crippen LogP contribution in [0.4, 0.5) is 0 Å². The van der Waals surface area contributed by atoms with Crippen LogP contribution in [0.2, 0.25) is 0 Å². The molecule has 1 N–H and O–H groups in total. The topological polar surface area (TPSA) is 40.5 Å². The summed E-state index contributed by atoms with van der Waals surface area (Å²) >= 11 is 0. The monoisotopic (exact) mass is 213 g/mol. The number of carbonyl (C=O) groups excluding carboxylic acids is 1. The minimum atomic E-state index is 0.238. The molecule has 3 nitrogen and oxygen atoms in total. The molecule has 1 saturated carbocycles. The van der Waals surface area contributed by atoms with Gasteiger partial charge in [-0.15, -0.1) is 0 Å². The van der Waals surface area contributed by atoms with E-state index in [9.17, 15) is 4.79 Å². The van der Waals surface area contributed by atoms with Crippen LogP contribution in [0.5, 0.6) is 0 Å². The molecule has 0 radical (unpaired) electrons. The summed E-state index contributed by atoms with van der Waals surface area (Å²) in [5.41, 5.74) is 0. The lowest BCUT2D eigenvalue weighted by molar-refractivity contribution is -0.121. The zero-order chi connectivity index (χ0) is 11.3. The number of hydrogen-bond donors (Lipinski definition) is 1. The van der Waals surface area contributed by atoms with Crippen LogP contribution in [0, 0.1) is 5.92 Å². The summed E-state index contributed by atoms with van der Waals surface area (Å²) in [4.78, 5) is 13.8. The number of hydrogen-bond acceptors (Lipinski definition) is 3. The third-order valence-corrected chi connectivity index (χ3v) is 3.22. The standard InChI is InChI=1S/C12H23NO2/c1-10(2)13(7-4-8-14)9-11-5-3-6-12(11)15/h10-11,14H,3-9H2,1-2H3. The van der Waals surface area contributed by atoms with E-state index < -0.39 is 0 Å². The maximum absolute atomic E-state index is 11.5. The summed E-state index contributed by atoms with van der Waals surface area (Å²) < 4.78 is 0. The molecule has 1 unspecified atom stereocenters. The molecule has 15 heavy (non-hydrogen) atoms. The average Bonchev–Trinajstić information content (AvgIpc) is 2.58. The maximum Gasteiger partial charge on any atom is 0.137 e.